The molecule has 1 aromatic carbocycles. The highest BCUT2D eigenvalue weighted by atomic mass is 16.2. The fraction of sp³-hybridized carbons (Fsp3) is 0.529. The second-order valence-electron chi connectivity index (χ2n) is 6.53. The summed E-state index contributed by atoms with van der Waals surface area (Å²) in [4.78, 5) is 23.8. The lowest BCUT2D eigenvalue weighted by Crippen LogP contribution is -2.45. The number of nitrogens with two attached hydrogens (primary N) is 1. The molecular formula is C17H24N2O2. The average Bonchev–Trinajstić information content (AvgIpc) is 2.89. The number of carbonyl (C=O) groups excluding carboxylic acids is 2. The molecule has 114 valence electrons. The van der Waals surface area contributed by atoms with Gasteiger partial charge in [0, 0.05) is 30.5 Å². The van der Waals surface area contributed by atoms with E-state index in [1.54, 1.807) is 0 Å². The Labute approximate surface area is 126 Å². The van der Waals surface area contributed by atoms with Crippen molar-refractivity contribution in [3.63, 3.8) is 0 Å². The number of rotatable bonds is 6. The first-order valence-corrected chi connectivity index (χ1v) is 7.56. The van der Waals surface area contributed by atoms with Crippen molar-refractivity contribution in [2.75, 3.05) is 6.54 Å². The average molecular weight is 288 g/mol. The molecule has 0 saturated carbocycles. The van der Waals surface area contributed by atoms with E-state index in [-0.39, 0.29) is 24.5 Å². The molecule has 1 aliphatic rings. The fourth-order valence-corrected chi connectivity index (χ4v) is 2.53. The molecule has 0 bridgehead atoms. The molecule has 0 fully saturated rings. The second kappa shape index (κ2) is 6.39. The predicted octanol–water partition coefficient (Wildman–Crippen LogP) is 1.99. The molecule has 4 heteroatoms. The fourth-order valence-electron chi connectivity index (χ4n) is 2.53. The molecule has 0 aliphatic heterocycles. The predicted molar refractivity (Wildman–Crippen MR) is 83.3 cm³/mol. The number of benzene rings is 1. The van der Waals surface area contributed by atoms with Crippen molar-refractivity contribution >= 4 is 11.7 Å². The molecule has 0 atom stereocenters. The first-order chi connectivity index (χ1) is 9.85. The van der Waals surface area contributed by atoms with Crippen molar-refractivity contribution in [2.24, 2.45) is 5.73 Å². The molecule has 3 N–H and O–H groups in total. The molecule has 1 aromatic rings. The third-order valence-corrected chi connectivity index (χ3v) is 3.74. The van der Waals surface area contributed by atoms with E-state index in [9.17, 15) is 9.59 Å². The Morgan fingerprint density at radius 3 is 2.62 bits per heavy atom. The Bertz CT molecular complexity index is 544. The minimum absolute atomic E-state index is 0.0341. The Morgan fingerprint density at radius 1 is 1.19 bits per heavy atom. The van der Waals surface area contributed by atoms with Gasteiger partial charge in [0.2, 0.25) is 5.91 Å². The largest absolute Gasteiger partial charge is 0.354 e. The van der Waals surface area contributed by atoms with Crippen molar-refractivity contribution in [2.45, 2.75) is 51.5 Å². The van der Waals surface area contributed by atoms with Gasteiger partial charge in [0.15, 0.2) is 5.78 Å². The molecule has 0 heterocycles. The number of hydrogen-bond acceptors (Lipinski definition) is 3. The van der Waals surface area contributed by atoms with Crippen molar-refractivity contribution in [1.82, 2.24) is 5.32 Å². The summed E-state index contributed by atoms with van der Waals surface area (Å²) in [5.74, 6) is -0.0881. The number of amides is 1. The van der Waals surface area contributed by atoms with Crippen LogP contribution < -0.4 is 11.1 Å². The monoisotopic (exact) mass is 288 g/mol. The van der Waals surface area contributed by atoms with E-state index in [2.05, 4.69) is 5.32 Å². The van der Waals surface area contributed by atoms with Gasteiger partial charge in [-0.3, -0.25) is 9.59 Å². The highest BCUT2D eigenvalue weighted by Crippen LogP contribution is 2.23. The normalized spacial score (nSPS) is 13.9. The van der Waals surface area contributed by atoms with Crippen molar-refractivity contribution in [3.8, 4) is 0 Å². The molecule has 0 saturated heterocycles. The zero-order valence-electron chi connectivity index (χ0n) is 12.9. The number of carbonyl (C=O) groups is 2. The van der Waals surface area contributed by atoms with Crippen LogP contribution in [0.1, 0.15) is 54.6 Å². The third kappa shape index (κ3) is 4.67. The molecule has 1 aliphatic carbocycles. The SMILES string of the molecule is CC(C)(N)CNC(=O)CCC(=O)c1ccc2c(c1)CCC2. The number of Topliss-reactive ketones (excluding diaryl/α,β-unsaturated/α-hetero) is 1. The highest BCUT2D eigenvalue weighted by Gasteiger charge is 2.16. The van der Waals surface area contributed by atoms with E-state index in [1.165, 1.54) is 17.5 Å². The van der Waals surface area contributed by atoms with Crippen LogP contribution in [0.2, 0.25) is 0 Å². The molecule has 4 nitrogen and oxygen atoms in total. The van der Waals surface area contributed by atoms with Gasteiger partial charge in [0.05, 0.1) is 0 Å². The van der Waals surface area contributed by atoms with Crippen LogP contribution >= 0.6 is 0 Å². The van der Waals surface area contributed by atoms with E-state index < -0.39 is 5.54 Å². The van der Waals surface area contributed by atoms with Gasteiger partial charge in [0.25, 0.3) is 0 Å². The van der Waals surface area contributed by atoms with E-state index in [4.69, 9.17) is 5.73 Å². The molecule has 1 amide bonds. The van der Waals surface area contributed by atoms with Crippen LogP contribution in [-0.4, -0.2) is 23.8 Å². The smallest absolute Gasteiger partial charge is 0.220 e. The maximum absolute atomic E-state index is 12.1. The standard InChI is InChI=1S/C17H24N2O2/c1-17(2,18)11-19-16(21)9-8-15(20)14-7-6-12-4-3-5-13(12)10-14/h6-7,10H,3-5,8-9,11,18H2,1-2H3,(H,19,21). The number of ketones is 1. The zero-order valence-corrected chi connectivity index (χ0v) is 12.9. The summed E-state index contributed by atoms with van der Waals surface area (Å²) in [6.07, 6.45) is 3.80. The maximum Gasteiger partial charge on any atom is 0.220 e. The van der Waals surface area contributed by atoms with Crippen LogP contribution in [-0.2, 0) is 17.6 Å². The molecule has 0 spiro atoms. The van der Waals surface area contributed by atoms with Crippen LogP contribution in [0.5, 0.6) is 0 Å². The summed E-state index contributed by atoms with van der Waals surface area (Å²) in [6.45, 7) is 4.12. The minimum atomic E-state index is -0.431. The summed E-state index contributed by atoms with van der Waals surface area (Å²) in [5.41, 5.74) is 8.74. The van der Waals surface area contributed by atoms with Crippen LogP contribution in [0.3, 0.4) is 0 Å². The summed E-state index contributed by atoms with van der Waals surface area (Å²) >= 11 is 0. The van der Waals surface area contributed by atoms with Crippen molar-refractivity contribution in [3.05, 3.63) is 34.9 Å². The quantitative estimate of drug-likeness (QED) is 0.786. The maximum atomic E-state index is 12.1. The summed E-state index contributed by atoms with van der Waals surface area (Å²) < 4.78 is 0. The van der Waals surface area contributed by atoms with Crippen molar-refractivity contribution < 1.29 is 9.59 Å². The second-order valence-corrected chi connectivity index (χ2v) is 6.53. The van der Waals surface area contributed by atoms with Gasteiger partial charge in [-0.15, -0.1) is 0 Å². The van der Waals surface area contributed by atoms with Gasteiger partial charge < -0.3 is 11.1 Å². The van der Waals surface area contributed by atoms with Gasteiger partial charge in [-0.05, 0) is 50.3 Å². The van der Waals surface area contributed by atoms with Crippen LogP contribution in [0.25, 0.3) is 0 Å². The van der Waals surface area contributed by atoms with Crippen LogP contribution in [0, 0.1) is 0 Å². The van der Waals surface area contributed by atoms with Gasteiger partial charge >= 0.3 is 0 Å². The summed E-state index contributed by atoms with van der Waals surface area (Å²) in [5, 5.41) is 2.75. The van der Waals surface area contributed by atoms with Gasteiger partial charge in [0.1, 0.15) is 0 Å². The molecule has 0 aromatic heterocycles. The van der Waals surface area contributed by atoms with Gasteiger partial charge in [-0.2, -0.15) is 0 Å². The molecule has 21 heavy (non-hydrogen) atoms. The molecule has 0 unspecified atom stereocenters. The number of fused-ring (bicyclic) bond motifs is 1. The Balaban J connectivity index is 1.83. The molecule has 0 radical (unpaired) electrons. The number of hydrogen-bond donors (Lipinski definition) is 2. The summed E-state index contributed by atoms with van der Waals surface area (Å²) in [6, 6.07) is 5.92. The van der Waals surface area contributed by atoms with E-state index in [0.717, 1.165) is 18.4 Å². The third-order valence-electron chi connectivity index (χ3n) is 3.74. The Morgan fingerprint density at radius 2 is 1.90 bits per heavy atom. The Hall–Kier alpha value is -1.68. The Kier molecular flexibility index (Phi) is 4.78. The van der Waals surface area contributed by atoms with E-state index in [0.29, 0.717) is 6.54 Å². The first kappa shape index (κ1) is 15.7. The number of nitrogens with one attached hydrogen (secondary N) is 1. The molecule has 2 rings (SSSR count). The summed E-state index contributed by atoms with van der Waals surface area (Å²) in [7, 11) is 0. The zero-order chi connectivity index (χ0) is 15.5. The lowest BCUT2D eigenvalue weighted by molar-refractivity contribution is -0.121. The van der Waals surface area contributed by atoms with E-state index >= 15 is 0 Å². The van der Waals surface area contributed by atoms with E-state index in [1.807, 2.05) is 32.0 Å². The lowest BCUT2D eigenvalue weighted by atomic mass is 10.0. The number of aryl methyl sites for hydroxylation is 2. The lowest BCUT2D eigenvalue weighted by Gasteiger charge is -2.18. The van der Waals surface area contributed by atoms with Crippen LogP contribution in [0.4, 0.5) is 0 Å². The first-order valence-electron chi connectivity index (χ1n) is 7.56. The van der Waals surface area contributed by atoms with Crippen molar-refractivity contribution in [1.29, 1.82) is 0 Å². The highest BCUT2D eigenvalue weighted by molar-refractivity contribution is 5.98. The molecular weight excluding hydrogens is 264 g/mol. The topological polar surface area (TPSA) is 72.2 Å². The van der Waals surface area contributed by atoms with Gasteiger partial charge in [-0.25, -0.2) is 0 Å². The van der Waals surface area contributed by atoms with Crippen LogP contribution in [0.15, 0.2) is 18.2 Å². The minimum Gasteiger partial charge on any atom is -0.354 e. The van der Waals surface area contributed by atoms with Gasteiger partial charge in [-0.1, -0.05) is 12.1 Å².